The maximum absolute atomic E-state index is 11.4. The molecule has 1 rings (SSSR count). The summed E-state index contributed by atoms with van der Waals surface area (Å²) in [5.41, 5.74) is 0.653. The summed E-state index contributed by atoms with van der Waals surface area (Å²) in [4.78, 5) is 19.8. The molecule has 1 amide bonds. The number of ether oxygens (including phenoxy) is 1. The second kappa shape index (κ2) is 7.67. The van der Waals surface area contributed by atoms with Crippen LogP contribution < -0.4 is 10.6 Å². The summed E-state index contributed by atoms with van der Waals surface area (Å²) in [5.74, 6) is 0.566. The molecule has 1 aromatic heterocycles. The average Bonchev–Trinajstić information content (AvgIpc) is 2.35. The van der Waals surface area contributed by atoms with Crippen molar-refractivity contribution in [2.45, 2.75) is 46.1 Å². The SMILES string of the molecule is CCCc1cnc(NCCNC(=O)OC(C)(C)C)nc1. The molecule has 1 aromatic rings. The van der Waals surface area contributed by atoms with E-state index in [1.165, 1.54) is 0 Å². The van der Waals surface area contributed by atoms with Gasteiger partial charge < -0.3 is 15.4 Å². The number of anilines is 1. The molecule has 0 saturated heterocycles. The highest BCUT2D eigenvalue weighted by Gasteiger charge is 2.15. The zero-order valence-corrected chi connectivity index (χ0v) is 12.7. The van der Waals surface area contributed by atoms with Crippen molar-refractivity contribution in [1.82, 2.24) is 15.3 Å². The highest BCUT2D eigenvalue weighted by molar-refractivity contribution is 5.67. The number of hydrogen-bond acceptors (Lipinski definition) is 5. The zero-order chi connectivity index (χ0) is 15.0. The number of nitrogens with zero attached hydrogens (tertiary/aromatic N) is 2. The van der Waals surface area contributed by atoms with Gasteiger partial charge in [0.05, 0.1) is 0 Å². The standard InChI is InChI=1S/C14H24N4O2/c1-5-6-11-9-17-12(18-10-11)15-7-8-16-13(19)20-14(2,3)4/h9-10H,5-8H2,1-4H3,(H,16,19)(H,15,17,18). The fraction of sp³-hybridized carbons (Fsp3) is 0.643. The average molecular weight is 280 g/mol. The van der Waals surface area contributed by atoms with Crippen LogP contribution in [0.15, 0.2) is 12.4 Å². The van der Waals surface area contributed by atoms with Gasteiger partial charge in [0.15, 0.2) is 0 Å². The first-order valence-corrected chi connectivity index (χ1v) is 6.92. The largest absolute Gasteiger partial charge is 0.444 e. The summed E-state index contributed by atoms with van der Waals surface area (Å²) < 4.78 is 5.12. The van der Waals surface area contributed by atoms with Crippen LogP contribution in [0, 0.1) is 0 Å². The van der Waals surface area contributed by atoms with Crippen LogP contribution in [0.4, 0.5) is 10.7 Å². The molecular formula is C14H24N4O2. The smallest absolute Gasteiger partial charge is 0.407 e. The number of aromatic nitrogens is 2. The van der Waals surface area contributed by atoms with Gasteiger partial charge >= 0.3 is 6.09 Å². The van der Waals surface area contributed by atoms with E-state index in [4.69, 9.17) is 4.74 Å². The van der Waals surface area contributed by atoms with Gasteiger partial charge in [0.1, 0.15) is 5.60 Å². The third-order valence-corrected chi connectivity index (χ3v) is 2.32. The van der Waals surface area contributed by atoms with Crippen molar-refractivity contribution in [3.8, 4) is 0 Å². The monoisotopic (exact) mass is 280 g/mol. The number of nitrogens with one attached hydrogen (secondary N) is 2. The van der Waals surface area contributed by atoms with Crippen LogP contribution in [-0.2, 0) is 11.2 Å². The molecular weight excluding hydrogens is 256 g/mol. The minimum atomic E-state index is -0.476. The Morgan fingerprint density at radius 1 is 1.25 bits per heavy atom. The zero-order valence-electron chi connectivity index (χ0n) is 12.7. The molecule has 0 spiro atoms. The van der Waals surface area contributed by atoms with Gasteiger partial charge in [0, 0.05) is 25.5 Å². The van der Waals surface area contributed by atoms with E-state index in [0.29, 0.717) is 19.0 Å². The van der Waals surface area contributed by atoms with Crippen molar-refractivity contribution in [2.75, 3.05) is 18.4 Å². The molecule has 0 unspecified atom stereocenters. The van der Waals surface area contributed by atoms with Crippen LogP contribution in [0.25, 0.3) is 0 Å². The molecule has 20 heavy (non-hydrogen) atoms. The lowest BCUT2D eigenvalue weighted by Crippen LogP contribution is -2.35. The van der Waals surface area contributed by atoms with Crippen LogP contribution in [-0.4, -0.2) is 34.8 Å². The van der Waals surface area contributed by atoms with E-state index in [2.05, 4.69) is 27.5 Å². The molecule has 1 heterocycles. The molecule has 0 aromatic carbocycles. The van der Waals surface area contributed by atoms with E-state index in [1.807, 2.05) is 33.2 Å². The molecule has 0 bridgehead atoms. The molecule has 0 aliphatic heterocycles. The molecule has 0 saturated carbocycles. The number of carbonyl (C=O) groups is 1. The number of aryl methyl sites for hydroxylation is 1. The second-order valence-electron chi connectivity index (χ2n) is 5.52. The lowest BCUT2D eigenvalue weighted by atomic mass is 10.2. The first kappa shape index (κ1) is 16.2. The third kappa shape index (κ3) is 6.92. The Labute approximate surface area is 120 Å². The Hall–Kier alpha value is -1.85. The van der Waals surface area contributed by atoms with Crippen molar-refractivity contribution >= 4 is 12.0 Å². The van der Waals surface area contributed by atoms with Gasteiger partial charge in [-0.3, -0.25) is 0 Å². The van der Waals surface area contributed by atoms with Gasteiger partial charge in [0.2, 0.25) is 5.95 Å². The molecule has 6 nitrogen and oxygen atoms in total. The summed E-state index contributed by atoms with van der Waals surface area (Å²) in [7, 11) is 0. The molecule has 0 aliphatic carbocycles. The molecule has 0 radical (unpaired) electrons. The van der Waals surface area contributed by atoms with Crippen LogP contribution in [0.5, 0.6) is 0 Å². The first-order valence-electron chi connectivity index (χ1n) is 6.92. The number of carbonyl (C=O) groups excluding carboxylic acids is 1. The maximum atomic E-state index is 11.4. The summed E-state index contributed by atoms with van der Waals surface area (Å²) in [6, 6.07) is 0. The Bertz CT molecular complexity index is 412. The molecule has 0 aliphatic rings. The number of alkyl carbamates (subject to hydrolysis) is 1. The molecule has 2 N–H and O–H groups in total. The highest BCUT2D eigenvalue weighted by Crippen LogP contribution is 2.06. The Morgan fingerprint density at radius 3 is 2.45 bits per heavy atom. The van der Waals surface area contributed by atoms with Crippen molar-refractivity contribution < 1.29 is 9.53 Å². The first-order chi connectivity index (χ1) is 9.40. The van der Waals surface area contributed by atoms with Gasteiger partial charge in [-0.05, 0) is 32.8 Å². The highest BCUT2D eigenvalue weighted by atomic mass is 16.6. The molecule has 0 atom stereocenters. The lowest BCUT2D eigenvalue weighted by molar-refractivity contribution is 0.0530. The predicted molar refractivity (Wildman–Crippen MR) is 78.8 cm³/mol. The molecule has 0 fully saturated rings. The van der Waals surface area contributed by atoms with Crippen molar-refractivity contribution in [3.63, 3.8) is 0 Å². The third-order valence-electron chi connectivity index (χ3n) is 2.32. The number of hydrogen-bond donors (Lipinski definition) is 2. The van der Waals surface area contributed by atoms with E-state index in [0.717, 1.165) is 18.4 Å². The van der Waals surface area contributed by atoms with E-state index in [-0.39, 0.29) is 0 Å². The van der Waals surface area contributed by atoms with E-state index in [9.17, 15) is 4.79 Å². The number of rotatable bonds is 6. The van der Waals surface area contributed by atoms with Crippen molar-refractivity contribution in [3.05, 3.63) is 18.0 Å². The predicted octanol–water partition coefficient (Wildman–Crippen LogP) is 2.37. The van der Waals surface area contributed by atoms with E-state index >= 15 is 0 Å². The van der Waals surface area contributed by atoms with Crippen LogP contribution in [0.2, 0.25) is 0 Å². The topological polar surface area (TPSA) is 76.1 Å². The van der Waals surface area contributed by atoms with Crippen LogP contribution in [0.3, 0.4) is 0 Å². The van der Waals surface area contributed by atoms with Gasteiger partial charge in [0.25, 0.3) is 0 Å². The van der Waals surface area contributed by atoms with Gasteiger partial charge in [-0.1, -0.05) is 13.3 Å². The fourth-order valence-electron chi connectivity index (χ4n) is 1.52. The molecule has 112 valence electrons. The van der Waals surface area contributed by atoms with Crippen molar-refractivity contribution in [2.24, 2.45) is 0 Å². The lowest BCUT2D eigenvalue weighted by Gasteiger charge is -2.19. The van der Waals surface area contributed by atoms with Crippen molar-refractivity contribution in [1.29, 1.82) is 0 Å². The van der Waals surface area contributed by atoms with Gasteiger partial charge in [-0.25, -0.2) is 14.8 Å². The van der Waals surface area contributed by atoms with E-state index < -0.39 is 11.7 Å². The normalized spacial score (nSPS) is 11.0. The summed E-state index contributed by atoms with van der Waals surface area (Å²) in [6.45, 7) is 8.61. The Balaban J connectivity index is 2.22. The minimum absolute atomic E-state index is 0.418. The summed E-state index contributed by atoms with van der Waals surface area (Å²) in [5, 5.41) is 5.70. The summed E-state index contributed by atoms with van der Waals surface area (Å²) >= 11 is 0. The maximum Gasteiger partial charge on any atom is 0.407 e. The Morgan fingerprint density at radius 2 is 1.90 bits per heavy atom. The van der Waals surface area contributed by atoms with E-state index in [1.54, 1.807) is 0 Å². The Kier molecular flexibility index (Phi) is 6.21. The number of amides is 1. The summed E-state index contributed by atoms with van der Waals surface area (Å²) in [6.07, 6.45) is 5.29. The van der Waals surface area contributed by atoms with Gasteiger partial charge in [-0.15, -0.1) is 0 Å². The van der Waals surface area contributed by atoms with Gasteiger partial charge in [-0.2, -0.15) is 0 Å². The van der Waals surface area contributed by atoms with Crippen LogP contribution in [0.1, 0.15) is 39.7 Å². The fourth-order valence-corrected chi connectivity index (χ4v) is 1.52. The quantitative estimate of drug-likeness (QED) is 0.782. The minimum Gasteiger partial charge on any atom is -0.444 e. The van der Waals surface area contributed by atoms with Crippen LogP contribution >= 0.6 is 0 Å². The molecule has 6 heteroatoms. The second-order valence-corrected chi connectivity index (χ2v) is 5.52.